The van der Waals surface area contributed by atoms with Crippen molar-refractivity contribution in [2.45, 2.75) is 25.4 Å². The van der Waals surface area contributed by atoms with E-state index in [2.05, 4.69) is 34.1 Å². The van der Waals surface area contributed by atoms with Gasteiger partial charge in [0.1, 0.15) is 0 Å². The summed E-state index contributed by atoms with van der Waals surface area (Å²) < 4.78 is 5.13. The summed E-state index contributed by atoms with van der Waals surface area (Å²) in [7, 11) is 1.54. The van der Waals surface area contributed by atoms with Crippen LogP contribution in [0.3, 0.4) is 0 Å². The summed E-state index contributed by atoms with van der Waals surface area (Å²) in [6.45, 7) is 1.99. The Morgan fingerprint density at radius 3 is 2.90 bits per heavy atom. The highest BCUT2D eigenvalue weighted by Gasteiger charge is 2.33. The maximum absolute atomic E-state index is 10.0. The average molecular weight is 282 g/mol. The van der Waals surface area contributed by atoms with E-state index < -0.39 is 0 Å². The molecule has 1 aromatic carbocycles. The lowest BCUT2D eigenvalue weighted by Crippen LogP contribution is -2.39. The molecule has 0 spiro atoms. The Hall–Kier alpha value is -2.07. The Morgan fingerprint density at radius 2 is 2.10 bits per heavy atom. The molecule has 0 bridgehead atoms. The van der Waals surface area contributed by atoms with E-state index in [9.17, 15) is 5.11 Å². The zero-order valence-electron chi connectivity index (χ0n) is 12.0. The van der Waals surface area contributed by atoms with Gasteiger partial charge in [0.05, 0.1) is 12.8 Å². The molecule has 0 unspecified atom stereocenters. The number of aromatic nitrogens is 1. The van der Waals surface area contributed by atoms with Crippen LogP contribution < -0.4 is 4.74 Å². The van der Waals surface area contributed by atoms with Gasteiger partial charge in [0.15, 0.2) is 5.75 Å². The van der Waals surface area contributed by atoms with Crippen LogP contribution in [0.2, 0.25) is 0 Å². The summed E-state index contributed by atoms with van der Waals surface area (Å²) in [6, 6.07) is 10.8. The van der Waals surface area contributed by atoms with Gasteiger partial charge in [-0.1, -0.05) is 24.3 Å². The summed E-state index contributed by atoms with van der Waals surface area (Å²) in [6.07, 6.45) is 1.89. The normalized spacial score (nSPS) is 20.3. The van der Waals surface area contributed by atoms with E-state index in [1.807, 2.05) is 6.07 Å². The lowest BCUT2D eigenvalue weighted by atomic mass is 9.86. The molecular formula is C17H18N2O2. The van der Waals surface area contributed by atoms with E-state index >= 15 is 0 Å². The Kier molecular flexibility index (Phi) is 2.86. The second kappa shape index (κ2) is 4.74. The van der Waals surface area contributed by atoms with Gasteiger partial charge in [-0.15, -0.1) is 0 Å². The van der Waals surface area contributed by atoms with E-state index in [4.69, 9.17) is 4.74 Å². The molecule has 108 valence electrons. The van der Waals surface area contributed by atoms with E-state index in [-0.39, 0.29) is 5.75 Å². The van der Waals surface area contributed by atoms with Crippen molar-refractivity contribution in [1.29, 1.82) is 0 Å². The van der Waals surface area contributed by atoms with Gasteiger partial charge in [-0.25, -0.2) is 4.98 Å². The number of methoxy groups -OCH3 is 1. The van der Waals surface area contributed by atoms with Crippen LogP contribution in [0.25, 0.3) is 0 Å². The topological polar surface area (TPSA) is 45.6 Å². The predicted molar refractivity (Wildman–Crippen MR) is 79.5 cm³/mol. The molecule has 1 atom stereocenters. The molecular weight excluding hydrogens is 264 g/mol. The third-order valence-electron chi connectivity index (χ3n) is 4.62. The van der Waals surface area contributed by atoms with Crippen molar-refractivity contribution in [3.05, 3.63) is 52.7 Å². The van der Waals surface area contributed by atoms with E-state index in [0.717, 1.165) is 37.2 Å². The molecule has 1 aromatic heterocycles. The minimum Gasteiger partial charge on any atom is -0.503 e. The lowest BCUT2D eigenvalue weighted by molar-refractivity contribution is 0.158. The number of hydrogen-bond acceptors (Lipinski definition) is 4. The minimum atomic E-state index is 0.136. The predicted octanol–water partition coefficient (Wildman–Crippen LogP) is 2.45. The average Bonchev–Trinajstić information content (AvgIpc) is 2.52. The van der Waals surface area contributed by atoms with Gasteiger partial charge in [-0.05, 0) is 29.2 Å². The van der Waals surface area contributed by atoms with Crippen LogP contribution in [-0.4, -0.2) is 28.6 Å². The zero-order chi connectivity index (χ0) is 14.4. The minimum absolute atomic E-state index is 0.136. The highest BCUT2D eigenvalue weighted by Crippen LogP contribution is 2.40. The van der Waals surface area contributed by atoms with E-state index in [0.29, 0.717) is 11.9 Å². The molecule has 4 nitrogen and oxygen atoms in total. The first-order valence-electron chi connectivity index (χ1n) is 7.34. The smallest absolute Gasteiger partial charge is 0.256 e. The fourth-order valence-electron chi connectivity index (χ4n) is 3.54. The van der Waals surface area contributed by atoms with Crippen molar-refractivity contribution in [3.8, 4) is 11.6 Å². The second-order valence-corrected chi connectivity index (χ2v) is 5.76. The fraction of sp³-hybridized carbons (Fsp3) is 0.353. The van der Waals surface area contributed by atoms with Crippen molar-refractivity contribution >= 4 is 0 Å². The molecule has 2 aliphatic heterocycles. The van der Waals surface area contributed by atoms with Crippen LogP contribution in [0.4, 0.5) is 0 Å². The largest absolute Gasteiger partial charge is 0.503 e. The maximum atomic E-state index is 10.0. The molecule has 0 saturated carbocycles. The molecule has 0 aliphatic carbocycles. The number of nitrogens with zero attached hydrogens (tertiary/aromatic N) is 2. The van der Waals surface area contributed by atoms with Crippen molar-refractivity contribution in [2.24, 2.45) is 0 Å². The van der Waals surface area contributed by atoms with Crippen molar-refractivity contribution in [2.75, 3.05) is 13.7 Å². The summed E-state index contributed by atoms with van der Waals surface area (Å²) >= 11 is 0. The number of benzene rings is 1. The molecule has 3 heterocycles. The number of ether oxygens (including phenoxy) is 1. The van der Waals surface area contributed by atoms with Gasteiger partial charge >= 0.3 is 0 Å². The molecule has 21 heavy (non-hydrogen) atoms. The van der Waals surface area contributed by atoms with Gasteiger partial charge in [-0.3, -0.25) is 4.90 Å². The van der Waals surface area contributed by atoms with E-state index in [1.165, 1.54) is 11.1 Å². The third-order valence-corrected chi connectivity index (χ3v) is 4.62. The molecule has 0 amide bonds. The van der Waals surface area contributed by atoms with Crippen LogP contribution in [-0.2, 0) is 19.4 Å². The number of pyridine rings is 1. The fourth-order valence-corrected chi connectivity index (χ4v) is 3.54. The SMILES string of the molecule is COc1nc2c(cc1O)[C@@H]1Cc3ccccc3CN1CC2. The molecule has 0 fully saturated rings. The van der Waals surface area contributed by atoms with Gasteiger partial charge in [0, 0.05) is 25.6 Å². The van der Waals surface area contributed by atoms with Gasteiger partial charge in [-0.2, -0.15) is 0 Å². The second-order valence-electron chi connectivity index (χ2n) is 5.76. The Bertz CT molecular complexity index is 699. The molecule has 4 rings (SSSR count). The maximum Gasteiger partial charge on any atom is 0.256 e. The number of aromatic hydroxyl groups is 1. The molecule has 2 aliphatic rings. The highest BCUT2D eigenvalue weighted by molar-refractivity contribution is 5.43. The molecule has 4 heteroatoms. The first-order chi connectivity index (χ1) is 10.3. The Balaban J connectivity index is 1.77. The monoisotopic (exact) mass is 282 g/mol. The first-order valence-corrected chi connectivity index (χ1v) is 7.34. The molecule has 0 radical (unpaired) electrons. The zero-order valence-corrected chi connectivity index (χ0v) is 12.0. The summed E-state index contributed by atoms with van der Waals surface area (Å²) in [5.74, 6) is 0.468. The van der Waals surface area contributed by atoms with Crippen molar-refractivity contribution < 1.29 is 9.84 Å². The highest BCUT2D eigenvalue weighted by atomic mass is 16.5. The van der Waals surface area contributed by atoms with Crippen LogP contribution in [0.5, 0.6) is 11.6 Å². The number of fused-ring (bicyclic) bond motifs is 4. The number of rotatable bonds is 1. The Morgan fingerprint density at radius 1 is 1.29 bits per heavy atom. The number of hydrogen-bond donors (Lipinski definition) is 1. The Labute approximate surface area is 124 Å². The van der Waals surface area contributed by atoms with Crippen LogP contribution >= 0.6 is 0 Å². The van der Waals surface area contributed by atoms with Gasteiger partial charge < -0.3 is 9.84 Å². The molecule has 1 N–H and O–H groups in total. The summed E-state index contributed by atoms with van der Waals surface area (Å²) in [4.78, 5) is 6.96. The van der Waals surface area contributed by atoms with Crippen LogP contribution in [0, 0.1) is 0 Å². The summed E-state index contributed by atoms with van der Waals surface area (Å²) in [5.41, 5.74) is 5.03. The van der Waals surface area contributed by atoms with Crippen molar-refractivity contribution in [1.82, 2.24) is 9.88 Å². The summed E-state index contributed by atoms with van der Waals surface area (Å²) in [5, 5.41) is 10.0. The molecule has 2 aromatic rings. The van der Waals surface area contributed by atoms with Crippen molar-refractivity contribution in [3.63, 3.8) is 0 Å². The van der Waals surface area contributed by atoms with E-state index in [1.54, 1.807) is 7.11 Å². The van der Waals surface area contributed by atoms with Gasteiger partial charge in [0.25, 0.3) is 5.88 Å². The lowest BCUT2D eigenvalue weighted by Gasteiger charge is -2.41. The van der Waals surface area contributed by atoms with Crippen LogP contribution in [0.1, 0.15) is 28.4 Å². The first kappa shape index (κ1) is 12.7. The standard InChI is InChI=1S/C17H18N2O2/c1-21-17-16(20)9-13-14(18-17)6-7-19-10-12-5-3-2-4-11(12)8-15(13)19/h2-5,9,15,20H,6-8,10H2,1H3/t15-/m0/s1. The quantitative estimate of drug-likeness (QED) is 0.872. The van der Waals surface area contributed by atoms with Gasteiger partial charge in [0.2, 0.25) is 0 Å². The third kappa shape index (κ3) is 1.98. The van der Waals surface area contributed by atoms with Crippen LogP contribution in [0.15, 0.2) is 30.3 Å². The molecule has 0 saturated heterocycles.